The second-order valence-corrected chi connectivity index (χ2v) is 14.0. The first-order valence-corrected chi connectivity index (χ1v) is 17.8. The van der Waals surface area contributed by atoms with E-state index in [2.05, 4.69) is 20.3 Å². The molecule has 0 radical (unpaired) electrons. The number of nitrogens with zero attached hydrogens (tertiary/aromatic N) is 4. The highest BCUT2D eigenvalue weighted by Gasteiger charge is 2.55. The molecule has 1 amide bonds. The largest absolute Gasteiger partial charge is 0.440 e. The average Bonchev–Trinajstić information content (AvgIpc) is 3.95. The number of carbonyl (C=O) groups is 1. The van der Waals surface area contributed by atoms with Crippen molar-refractivity contribution in [2.24, 2.45) is 0 Å². The van der Waals surface area contributed by atoms with Gasteiger partial charge in [-0.2, -0.15) is 0 Å². The second-order valence-electron chi connectivity index (χ2n) is 14.0. The van der Waals surface area contributed by atoms with Gasteiger partial charge in [0.1, 0.15) is 30.2 Å². The van der Waals surface area contributed by atoms with E-state index in [1.54, 1.807) is 10.9 Å². The van der Waals surface area contributed by atoms with Crippen molar-refractivity contribution in [3.8, 4) is 22.6 Å². The summed E-state index contributed by atoms with van der Waals surface area (Å²) < 4.78 is 34.4. The van der Waals surface area contributed by atoms with Gasteiger partial charge in [0.25, 0.3) is 5.91 Å². The number of hydrogen-bond acceptors (Lipinski definition) is 10. The van der Waals surface area contributed by atoms with E-state index < -0.39 is 36.1 Å². The third-order valence-electron chi connectivity index (χ3n) is 9.92. The molecule has 1 unspecified atom stereocenters. The Morgan fingerprint density at radius 2 is 1.57 bits per heavy atom. The van der Waals surface area contributed by atoms with Crippen LogP contribution in [0.3, 0.4) is 0 Å². The van der Waals surface area contributed by atoms with Gasteiger partial charge in [0.05, 0.1) is 11.9 Å². The molecular formula is C42H38N6O6. The maximum Gasteiger partial charge on any atom is 0.305 e. The summed E-state index contributed by atoms with van der Waals surface area (Å²) in [6.07, 6.45) is 4.81. The normalized spacial score (nSPS) is 22.1. The summed E-state index contributed by atoms with van der Waals surface area (Å²) in [5.74, 6) is -1.34. The monoisotopic (exact) mass is 722 g/mol. The van der Waals surface area contributed by atoms with Crippen molar-refractivity contribution >= 4 is 22.9 Å². The zero-order chi connectivity index (χ0) is 37.0. The van der Waals surface area contributed by atoms with Crippen molar-refractivity contribution in [2.75, 3.05) is 12.3 Å². The van der Waals surface area contributed by atoms with Crippen LogP contribution in [0.15, 0.2) is 122 Å². The molecule has 2 aromatic heterocycles. The van der Waals surface area contributed by atoms with Crippen molar-refractivity contribution < 1.29 is 28.5 Å². The highest BCUT2D eigenvalue weighted by atomic mass is 16.8. The minimum atomic E-state index is -1.30. The molecule has 4 aromatic carbocycles. The predicted molar refractivity (Wildman–Crippen MR) is 200 cm³/mol. The third-order valence-corrected chi connectivity index (χ3v) is 9.92. The molecule has 0 bridgehead atoms. The van der Waals surface area contributed by atoms with Gasteiger partial charge in [-0.15, -0.1) is 0 Å². The van der Waals surface area contributed by atoms with Crippen LogP contribution < -0.4 is 20.5 Å². The van der Waals surface area contributed by atoms with Gasteiger partial charge in [-0.05, 0) is 44.0 Å². The summed E-state index contributed by atoms with van der Waals surface area (Å²) >= 11 is 0. The highest BCUT2D eigenvalue weighted by Crippen LogP contribution is 2.51. The van der Waals surface area contributed by atoms with Gasteiger partial charge in [-0.1, -0.05) is 103 Å². The van der Waals surface area contributed by atoms with E-state index in [4.69, 9.17) is 29.4 Å². The van der Waals surface area contributed by atoms with Gasteiger partial charge < -0.3 is 34.7 Å². The van der Waals surface area contributed by atoms with Gasteiger partial charge in [0.2, 0.25) is 0 Å². The molecule has 54 heavy (non-hydrogen) atoms. The fourth-order valence-corrected chi connectivity index (χ4v) is 7.39. The van der Waals surface area contributed by atoms with Crippen molar-refractivity contribution in [3.63, 3.8) is 0 Å². The summed E-state index contributed by atoms with van der Waals surface area (Å²) in [5.41, 5.74) is 11.9. The number of nitrogens with one attached hydrogen (secondary N) is 1. The van der Waals surface area contributed by atoms with E-state index in [0.29, 0.717) is 28.2 Å². The van der Waals surface area contributed by atoms with E-state index in [1.807, 2.05) is 130 Å². The molecule has 9 rings (SSSR count). The maximum absolute atomic E-state index is 14.2. The molecule has 3 aliphatic heterocycles. The molecule has 272 valence electrons. The van der Waals surface area contributed by atoms with Gasteiger partial charge in [0, 0.05) is 17.7 Å². The Morgan fingerprint density at radius 1 is 0.870 bits per heavy atom. The van der Waals surface area contributed by atoms with E-state index in [9.17, 15) is 4.79 Å². The predicted octanol–water partition coefficient (Wildman–Crippen LogP) is 6.46. The lowest BCUT2D eigenvalue weighted by Crippen LogP contribution is -2.37. The molecule has 6 aromatic rings. The molecule has 2 saturated heterocycles. The van der Waals surface area contributed by atoms with Crippen LogP contribution in [0.5, 0.6) is 11.5 Å². The van der Waals surface area contributed by atoms with E-state index >= 15 is 0 Å². The number of aryl methyl sites for hydroxylation is 1. The number of rotatable bonds is 8. The van der Waals surface area contributed by atoms with E-state index in [-0.39, 0.29) is 18.3 Å². The SMILES string of the molecule is Cc1ccc(-c2cc3c(c(C(=O)NC/C=C/[C@H]4O[C@@H](n5cnc6c(N)ncnc65)[C@H]5OC(C)(C)OC45)c2)OC(c2ccccc2)(c2ccccc2)O3)cc1. The number of amides is 1. The van der Waals surface area contributed by atoms with Crippen LogP contribution in [0.25, 0.3) is 22.3 Å². The first-order valence-electron chi connectivity index (χ1n) is 17.8. The lowest BCUT2D eigenvalue weighted by molar-refractivity contribution is -0.191. The van der Waals surface area contributed by atoms with Crippen LogP contribution in [0.2, 0.25) is 0 Å². The number of ether oxygens (including phenoxy) is 5. The first-order chi connectivity index (χ1) is 26.2. The molecule has 0 saturated carbocycles. The highest BCUT2D eigenvalue weighted by molar-refractivity contribution is 5.99. The van der Waals surface area contributed by atoms with E-state index in [0.717, 1.165) is 27.8 Å². The topological polar surface area (TPSA) is 145 Å². The molecular weight excluding hydrogens is 684 g/mol. The van der Waals surface area contributed by atoms with Crippen LogP contribution in [-0.4, -0.2) is 56.1 Å². The number of anilines is 1. The minimum absolute atomic E-state index is 0.204. The smallest absolute Gasteiger partial charge is 0.305 e. The first kappa shape index (κ1) is 33.7. The summed E-state index contributed by atoms with van der Waals surface area (Å²) in [4.78, 5) is 27.0. The summed E-state index contributed by atoms with van der Waals surface area (Å²) in [5, 5.41) is 3.06. The number of benzene rings is 4. The quantitative estimate of drug-likeness (QED) is 0.168. The Kier molecular flexibility index (Phi) is 8.18. The standard InChI is InChI=1S/C42H38N6O6/c1-25-16-18-26(19-17-25)27-21-30(34-32(22-27)51-42(54-34,28-11-6-4-7-12-28)29-13-8-5-9-14-29)39(49)44-20-10-15-31-35-36(53-41(2,3)52-35)40(50-31)48-24-47-33-37(43)45-23-46-38(33)48/h4-19,21-24,31,35-36,40H,20H2,1-3H3,(H,44,49)(H2,43,45,46)/b15-10+/t31-,35?,36+,40-/m1/s1. The fourth-order valence-electron chi connectivity index (χ4n) is 7.39. The van der Waals surface area contributed by atoms with Crippen molar-refractivity contribution in [3.05, 3.63) is 144 Å². The zero-order valence-electron chi connectivity index (χ0n) is 29.9. The Balaban J connectivity index is 0.999. The molecule has 3 N–H and O–H groups in total. The molecule has 0 aliphatic carbocycles. The third kappa shape index (κ3) is 5.84. The zero-order valence-corrected chi connectivity index (χ0v) is 29.9. The van der Waals surface area contributed by atoms with Gasteiger partial charge in [-0.25, -0.2) is 15.0 Å². The Hall–Kier alpha value is -6.08. The van der Waals surface area contributed by atoms with E-state index in [1.165, 1.54) is 6.33 Å². The molecule has 0 spiro atoms. The van der Waals surface area contributed by atoms with Gasteiger partial charge >= 0.3 is 5.79 Å². The lowest BCUT2D eigenvalue weighted by atomic mass is 9.97. The van der Waals surface area contributed by atoms with Gasteiger partial charge in [-0.3, -0.25) is 9.36 Å². The number of nitrogen functional groups attached to an aromatic ring is 1. The maximum atomic E-state index is 14.2. The van der Waals surface area contributed by atoms with Gasteiger partial charge in [0.15, 0.2) is 35.0 Å². The summed E-state index contributed by atoms with van der Waals surface area (Å²) in [6, 6.07) is 31.4. The van der Waals surface area contributed by atoms with Crippen LogP contribution in [0, 0.1) is 6.92 Å². The summed E-state index contributed by atoms with van der Waals surface area (Å²) in [7, 11) is 0. The number of fused-ring (bicyclic) bond motifs is 3. The molecule has 5 heterocycles. The number of carbonyl (C=O) groups excluding carboxylic acids is 1. The van der Waals surface area contributed by atoms with Crippen LogP contribution in [0.4, 0.5) is 5.82 Å². The second kappa shape index (κ2) is 13.1. The van der Waals surface area contributed by atoms with Crippen molar-refractivity contribution in [2.45, 2.75) is 56.9 Å². The molecule has 12 nitrogen and oxygen atoms in total. The van der Waals surface area contributed by atoms with Crippen LogP contribution in [0.1, 0.15) is 47.1 Å². The Bertz CT molecular complexity index is 2340. The molecule has 12 heteroatoms. The number of aromatic nitrogens is 4. The van der Waals surface area contributed by atoms with Crippen LogP contribution >= 0.6 is 0 Å². The van der Waals surface area contributed by atoms with Crippen molar-refractivity contribution in [1.29, 1.82) is 0 Å². The average molecular weight is 723 g/mol. The summed E-state index contributed by atoms with van der Waals surface area (Å²) in [6.45, 7) is 5.98. The Labute approximate surface area is 311 Å². The fraction of sp³-hybridized carbons (Fsp3) is 0.238. The van der Waals surface area contributed by atoms with Crippen molar-refractivity contribution in [1.82, 2.24) is 24.8 Å². The number of nitrogens with two attached hydrogens (primary N) is 1. The number of imidazole rings is 1. The van der Waals surface area contributed by atoms with Crippen LogP contribution in [-0.2, 0) is 20.0 Å². The minimum Gasteiger partial charge on any atom is -0.440 e. The molecule has 4 atom stereocenters. The number of hydrogen-bond donors (Lipinski definition) is 2. The molecule has 3 aliphatic rings. The Morgan fingerprint density at radius 3 is 2.30 bits per heavy atom. The molecule has 2 fully saturated rings. The lowest BCUT2D eigenvalue weighted by Gasteiger charge is -2.28.